The fourth-order valence-electron chi connectivity index (χ4n) is 2.59. The van der Waals surface area contributed by atoms with Crippen LogP contribution in [0.4, 0.5) is 0 Å². The van der Waals surface area contributed by atoms with Crippen LogP contribution in [0.3, 0.4) is 0 Å². The molecule has 0 heterocycles. The van der Waals surface area contributed by atoms with Gasteiger partial charge in [-0.05, 0) is 43.4 Å². The molecule has 0 bridgehead atoms. The molecule has 1 N–H and O–H groups in total. The molecule has 0 aliphatic rings. The van der Waals surface area contributed by atoms with Gasteiger partial charge in [-0.15, -0.1) is 0 Å². The molecule has 0 saturated carbocycles. The van der Waals surface area contributed by atoms with E-state index in [9.17, 15) is 5.11 Å². The third-order valence-corrected chi connectivity index (χ3v) is 3.85. The number of hydrogen-bond acceptors (Lipinski definition) is 2. The van der Waals surface area contributed by atoms with E-state index in [2.05, 4.69) is 37.3 Å². The predicted molar refractivity (Wildman–Crippen MR) is 91.2 cm³/mol. The van der Waals surface area contributed by atoms with Crippen LogP contribution in [0.25, 0.3) is 0 Å². The number of aromatic hydroxyl groups is 1. The van der Waals surface area contributed by atoms with Crippen molar-refractivity contribution in [3.63, 3.8) is 0 Å². The summed E-state index contributed by atoms with van der Waals surface area (Å²) in [6, 6.07) is 18.1. The molecule has 0 amide bonds. The fourth-order valence-corrected chi connectivity index (χ4v) is 2.59. The second kappa shape index (κ2) is 9.26. The molecular formula is C20H26O2. The van der Waals surface area contributed by atoms with Crippen molar-refractivity contribution in [2.75, 3.05) is 6.61 Å². The Morgan fingerprint density at radius 1 is 0.909 bits per heavy atom. The van der Waals surface area contributed by atoms with Gasteiger partial charge in [0.2, 0.25) is 0 Å². The molecule has 2 aromatic carbocycles. The third-order valence-electron chi connectivity index (χ3n) is 3.85. The standard InChI is InChI=1S/C20H26O2/c1-17(16-19-13-7-8-14-20(19)21)22-15-9-3-6-12-18-10-4-2-5-11-18/h2,4-5,7-8,10-11,13-14,17,21H,3,6,9,12,15-16H2,1H3. The van der Waals surface area contributed by atoms with E-state index in [1.54, 1.807) is 6.07 Å². The Balaban J connectivity index is 1.56. The first kappa shape index (κ1) is 16.6. The van der Waals surface area contributed by atoms with Crippen LogP contribution in [0.2, 0.25) is 0 Å². The smallest absolute Gasteiger partial charge is 0.118 e. The monoisotopic (exact) mass is 298 g/mol. The lowest BCUT2D eigenvalue weighted by atomic mass is 10.1. The van der Waals surface area contributed by atoms with E-state index in [-0.39, 0.29) is 6.10 Å². The minimum absolute atomic E-state index is 0.141. The molecule has 22 heavy (non-hydrogen) atoms. The van der Waals surface area contributed by atoms with E-state index in [0.717, 1.165) is 31.4 Å². The molecule has 2 heteroatoms. The lowest BCUT2D eigenvalue weighted by Gasteiger charge is -2.14. The van der Waals surface area contributed by atoms with Gasteiger partial charge >= 0.3 is 0 Å². The van der Waals surface area contributed by atoms with Crippen LogP contribution in [0.5, 0.6) is 5.75 Å². The van der Waals surface area contributed by atoms with Crippen LogP contribution in [-0.2, 0) is 17.6 Å². The zero-order valence-corrected chi connectivity index (χ0v) is 13.4. The zero-order valence-electron chi connectivity index (χ0n) is 13.4. The number of unbranched alkanes of at least 4 members (excludes halogenated alkanes) is 2. The van der Waals surface area contributed by atoms with Gasteiger partial charge in [-0.1, -0.05) is 55.0 Å². The number of hydrogen-bond donors (Lipinski definition) is 1. The predicted octanol–water partition coefficient (Wildman–Crippen LogP) is 4.75. The maximum absolute atomic E-state index is 9.75. The molecule has 2 rings (SSSR count). The van der Waals surface area contributed by atoms with Crippen molar-refractivity contribution in [3.05, 3.63) is 65.7 Å². The Morgan fingerprint density at radius 2 is 1.64 bits per heavy atom. The van der Waals surface area contributed by atoms with Crippen LogP contribution in [0, 0.1) is 0 Å². The number of benzene rings is 2. The summed E-state index contributed by atoms with van der Waals surface area (Å²) in [5.74, 6) is 0.362. The maximum atomic E-state index is 9.75. The summed E-state index contributed by atoms with van der Waals surface area (Å²) in [6.45, 7) is 2.86. The van der Waals surface area contributed by atoms with E-state index in [1.807, 2.05) is 18.2 Å². The lowest BCUT2D eigenvalue weighted by Crippen LogP contribution is -2.12. The maximum Gasteiger partial charge on any atom is 0.118 e. The minimum atomic E-state index is 0.141. The van der Waals surface area contributed by atoms with Crippen LogP contribution < -0.4 is 0 Å². The van der Waals surface area contributed by atoms with E-state index in [0.29, 0.717) is 5.75 Å². The number of ether oxygens (including phenoxy) is 1. The van der Waals surface area contributed by atoms with Crippen molar-refractivity contribution in [1.82, 2.24) is 0 Å². The van der Waals surface area contributed by atoms with Crippen molar-refractivity contribution >= 4 is 0 Å². The Morgan fingerprint density at radius 3 is 2.41 bits per heavy atom. The van der Waals surface area contributed by atoms with Gasteiger partial charge < -0.3 is 9.84 Å². The summed E-state index contributed by atoms with van der Waals surface area (Å²) >= 11 is 0. The second-order valence-electron chi connectivity index (χ2n) is 5.81. The van der Waals surface area contributed by atoms with Crippen molar-refractivity contribution in [1.29, 1.82) is 0 Å². The highest BCUT2D eigenvalue weighted by Crippen LogP contribution is 2.18. The Hall–Kier alpha value is -1.80. The zero-order chi connectivity index (χ0) is 15.6. The second-order valence-corrected chi connectivity index (χ2v) is 5.81. The lowest BCUT2D eigenvalue weighted by molar-refractivity contribution is 0.0632. The van der Waals surface area contributed by atoms with Gasteiger partial charge in [0, 0.05) is 13.0 Å². The molecule has 0 radical (unpaired) electrons. The normalized spacial score (nSPS) is 12.2. The summed E-state index contributed by atoms with van der Waals surface area (Å²) in [6.07, 6.45) is 5.55. The third kappa shape index (κ3) is 5.90. The Labute approximate surface area is 133 Å². The molecule has 118 valence electrons. The number of phenolic OH excluding ortho intramolecular Hbond substituents is 1. The van der Waals surface area contributed by atoms with E-state index >= 15 is 0 Å². The van der Waals surface area contributed by atoms with E-state index < -0.39 is 0 Å². The molecule has 0 aliphatic heterocycles. The van der Waals surface area contributed by atoms with Crippen molar-refractivity contribution < 1.29 is 9.84 Å². The largest absolute Gasteiger partial charge is 0.508 e. The molecule has 0 aromatic heterocycles. The number of rotatable bonds is 9. The topological polar surface area (TPSA) is 29.5 Å². The summed E-state index contributed by atoms with van der Waals surface area (Å²) in [4.78, 5) is 0. The quantitative estimate of drug-likeness (QED) is 0.677. The summed E-state index contributed by atoms with van der Waals surface area (Å²) in [5.41, 5.74) is 2.37. The first-order chi connectivity index (χ1) is 10.8. The highest BCUT2D eigenvalue weighted by Gasteiger charge is 2.07. The number of para-hydroxylation sites is 1. The van der Waals surface area contributed by atoms with Crippen LogP contribution in [-0.4, -0.2) is 17.8 Å². The molecule has 2 aromatic rings. The van der Waals surface area contributed by atoms with E-state index in [4.69, 9.17) is 4.74 Å². The van der Waals surface area contributed by atoms with Gasteiger partial charge in [-0.2, -0.15) is 0 Å². The Kier molecular flexibility index (Phi) is 6.98. The first-order valence-electron chi connectivity index (χ1n) is 8.18. The SMILES string of the molecule is CC(Cc1ccccc1O)OCCCCCc1ccccc1. The average molecular weight is 298 g/mol. The van der Waals surface area contributed by atoms with Gasteiger partial charge in [0.1, 0.15) is 5.75 Å². The van der Waals surface area contributed by atoms with Gasteiger partial charge in [0.05, 0.1) is 6.10 Å². The molecule has 0 fully saturated rings. The molecular weight excluding hydrogens is 272 g/mol. The summed E-state index contributed by atoms with van der Waals surface area (Å²) in [7, 11) is 0. The van der Waals surface area contributed by atoms with Gasteiger partial charge in [-0.25, -0.2) is 0 Å². The molecule has 0 aliphatic carbocycles. The number of phenols is 1. The highest BCUT2D eigenvalue weighted by molar-refractivity contribution is 5.32. The van der Waals surface area contributed by atoms with Gasteiger partial charge in [0.25, 0.3) is 0 Å². The van der Waals surface area contributed by atoms with E-state index in [1.165, 1.54) is 18.4 Å². The first-order valence-corrected chi connectivity index (χ1v) is 8.18. The van der Waals surface area contributed by atoms with Crippen molar-refractivity contribution in [3.8, 4) is 5.75 Å². The van der Waals surface area contributed by atoms with Crippen molar-refractivity contribution in [2.24, 2.45) is 0 Å². The van der Waals surface area contributed by atoms with Crippen LogP contribution in [0.1, 0.15) is 37.3 Å². The van der Waals surface area contributed by atoms with Crippen LogP contribution >= 0.6 is 0 Å². The average Bonchev–Trinajstić information content (AvgIpc) is 2.54. The number of aryl methyl sites for hydroxylation is 1. The summed E-state index contributed by atoms with van der Waals surface area (Å²) < 4.78 is 5.84. The molecule has 1 unspecified atom stereocenters. The Bertz CT molecular complexity index is 536. The van der Waals surface area contributed by atoms with Gasteiger partial charge in [0.15, 0.2) is 0 Å². The summed E-state index contributed by atoms with van der Waals surface area (Å²) in [5, 5.41) is 9.75. The highest BCUT2D eigenvalue weighted by atomic mass is 16.5. The molecule has 0 saturated heterocycles. The molecule has 2 nitrogen and oxygen atoms in total. The van der Waals surface area contributed by atoms with Crippen molar-refractivity contribution in [2.45, 2.75) is 45.1 Å². The van der Waals surface area contributed by atoms with Crippen LogP contribution in [0.15, 0.2) is 54.6 Å². The molecule has 0 spiro atoms. The molecule has 1 atom stereocenters. The minimum Gasteiger partial charge on any atom is -0.508 e. The fraction of sp³-hybridized carbons (Fsp3) is 0.400. The van der Waals surface area contributed by atoms with Gasteiger partial charge in [-0.3, -0.25) is 0 Å².